The standard InChI is InChI=1S/C29H26NO.C16H20GeN.Ir/c1-18(2)25-16-26(30(5)17-20(25)4)28-19(3)11-13-24-23-14-12-22(15-27(23)31-29(24)28)21-9-7-6-8-10-21;1-13-8-6-7-9-15(13)16-11-10-14(12-18(16)5)17(2,3)4;/h6-18H,3,5H2,1-2,4H3;6-12H,1,5H2,2-4H3;/q2*-1;. The van der Waals surface area contributed by atoms with Crippen LogP contribution in [0.2, 0.25) is 17.3 Å². The minimum Gasteiger partial charge on any atom is 0 e. The second kappa shape index (κ2) is 14.9. The van der Waals surface area contributed by atoms with Crippen LogP contribution in [0.3, 0.4) is 0 Å². The predicted octanol–water partition coefficient (Wildman–Crippen LogP) is 10.5. The summed E-state index contributed by atoms with van der Waals surface area (Å²) in [4.78, 5) is 0. The van der Waals surface area contributed by atoms with Crippen molar-refractivity contribution >= 4 is 39.6 Å². The predicted molar refractivity (Wildman–Crippen MR) is 209 cm³/mol. The van der Waals surface area contributed by atoms with Gasteiger partial charge in [0.2, 0.25) is 0 Å². The van der Waals surface area contributed by atoms with E-state index in [-0.39, 0.29) is 20.1 Å². The molecular weight excluding hydrogens is 849 g/mol. The minimum atomic E-state index is -1.78. The third-order valence-electron chi connectivity index (χ3n) is 9.30. The summed E-state index contributed by atoms with van der Waals surface area (Å²) in [6.07, 6.45) is 4.28. The summed E-state index contributed by atoms with van der Waals surface area (Å²) >= 11 is -1.78. The molecule has 257 valence electrons. The molecule has 0 spiro atoms. The van der Waals surface area contributed by atoms with E-state index in [0.717, 1.165) is 61.1 Å². The molecule has 0 fully saturated rings. The summed E-state index contributed by atoms with van der Waals surface area (Å²) in [5.74, 6) is 7.61. The molecule has 3 heterocycles. The Balaban J connectivity index is 0.000000219. The number of nitrogens with zero attached hydrogens (tertiary/aromatic N) is 2. The molecule has 0 amide bonds. The Hall–Kier alpha value is -4.35. The first-order valence-corrected chi connectivity index (χ1v) is 24.2. The van der Waals surface area contributed by atoms with Crippen molar-refractivity contribution in [1.82, 2.24) is 0 Å². The van der Waals surface area contributed by atoms with Crippen LogP contribution >= 0.6 is 0 Å². The maximum atomic E-state index is 6.49. The molecule has 3 nitrogen and oxygen atoms in total. The van der Waals surface area contributed by atoms with E-state index in [1.807, 2.05) is 33.4 Å². The molecule has 4 aromatic carbocycles. The second-order valence-corrected chi connectivity index (χ2v) is 24.9. The van der Waals surface area contributed by atoms with Gasteiger partial charge in [0.1, 0.15) is 5.58 Å². The summed E-state index contributed by atoms with van der Waals surface area (Å²) in [7, 11) is 8.39. The first-order chi connectivity index (χ1) is 23.3. The van der Waals surface area contributed by atoms with Gasteiger partial charge in [0.25, 0.3) is 0 Å². The molecule has 0 aliphatic carbocycles. The first kappa shape index (κ1) is 36.9. The third-order valence-corrected chi connectivity index (χ3v) is 13.6. The van der Waals surface area contributed by atoms with E-state index in [0.29, 0.717) is 5.92 Å². The van der Waals surface area contributed by atoms with Crippen LogP contribution in [-0.2, 0) is 20.1 Å². The fourth-order valence-electron chi connectivity index (χ4n) is 6.53. The number of furan rings is 1. The maximum absolute atomic E-state index is 6.49. The van der Waals surface area contributed by atoms with Crippen molar-refractivity contribution in [3.63, 3.8) is 0 Å². The summed E-state index contributed by atoms with van der Waals surface area (Å²) in [5, 5.41) is 2.21. The Bertz CT molecular complexity index is 2300. The van der Waals surface area contributed by atoms with Gasteiger partial charge in [-0.2, -0.15) is 18.6 Å². The number of aryl methyl sites for hydroxylation is 1. The van der Waals surface area contributed by atoms with Gasteiger partial charge in [-0.05, 0) is 41.7 Å². The van der Waals surface area contributed by atoms with E-state index >= 15 is 0 Å². The SMILES string of the molecule is [CH2-]c1ccc2c(oc3cc(-c4ccccc4)ccc32)c1-c1cc(C(C)C)c(C)c[n+]1[CH2-].[CH2-]c1ccccc1-c1cc[c]([Ge]([CH3])([CH3])[CH3])c[n+]1[CH2-].[Ir]. The van der Waals surface area contributed by atoms with Gasteiger partial charge in [-0.25, -0.2) is 0 Å². The van der Waals surface area contributed by atoms with Gasteiger partial charge in [0.05, 0.1) is 17.5 Å². The number of fused-ring (bicyclic) bond motifs is 3. The smallest absolute Gasteiger partial charge is 0 e. The average Bonchev–Trinajstić information content (AvgIpc) is 3.43. The Morgan fingerprint density at radius 1 is 0.660 bits per heavy atom. The fraction of sp³-hybridized carbons (Fsp3) is 0.156. The third kappa shape index (κ3) is 7.39. The molecule has 0 bridgehead atoms. The molecule has 1 radical (unpaired) electrons. The fourth-order valence-corrected chi connectivity index (χ4v) is 8.90. The van der Waals surface area contributed by atoms with E-state index in [4.69, 9.17) is 4.42 Å². The maximum Gasteiger partial charge on any atom is 0 e. The van der Waals surface area contributed by atoms with Gasteiger partial charge in [-0.15, -0.1) is 6.07 Å². The monoisotopic (exact) mass is 897 g/mol. The molecule has 0 aliphatic heterocycles. The quantitative estimate of drug-likeness (QED) is 0.0958. The molecule has 5 heteroatoms. The molecule has 0 saturated heterocycles. The van der Waals surface area contributed by atoms with Gasteiger partial charge in [0.15, 0.2) is 0 Å². The molecule has 3 aromatic heterocycles. The van der Waals surface area contributed by atoms with E-state index in [1.165, 1.54) is 21.1 Å². The molecule has 50 heavy (non-hydrogen) atoms. The molecule has 7 aromatic rings. The van der Waals surface area contributed by atoms with Crippen molar-refractivity contribution in [2.75, 3.05) is 0 Å². The molecule has 0 aliphatic rings. The summed E-state index contributed by atoms with van der Waals surface area (Å²) < 4.78 is 11.9. The Labute approximate surface area is 314 Å². The Morgan fingerprint density at radius 3 is 1.98 bits per heavy atom. The largest absolute Gasteiger partial charge is 0 e. The minimum absolute atomic E-state index is 0. The summed E-state index contributed by atoms with van der Waals surface area (Å²) in [6, 6.07) is 35.9. The molecular formula is C45H46GeIrN2O-2. The number of rotatable bonds is 5. The van der Waals surface area contributed by atoms with Gasteiger partial charge in [0, 0.05) is 37.9 Å². The van der Waals surface area contributed by atoms with Crippen molar-refractivity contribution in [3.05, 3.63) is 166 Å². The van der Waals surface area contributed by atoms with Crippen molar-refractivity contribution in [2.45, 2.75) is 44.0 Å². The second-order valence-electron chi connectivity index (χ2n) is 14.3. The van der Waals surface area contributed by atoms with E-state index in [1.54, 1.807) is 0 Å². The molecule has 0 N–H and O–H groups in total. The van der Waals surface area contributed by atoms with Crippen molar-refractivity contribution in [3.8, 4) is 33.6 Å². The molecule has 0 atom stereocenters. The van der Waals surface area contributed by atoms with Crippen LogP contribution in [0.1, 0.15) is 42.0 Å². The van der Waals surface area contributed by atoms with Gasteiger partial charge < -0.3 is 8.98 Å². The molecule has 7 rings (SSSR count). The van der Waals surface area contributed by atoms with Crippen LogP contribution in [-0.4, -0.2) is 13.3 Å². The van der Waals surface area contributed by atoms with Crippen LogP contribution in [0, 0.1) is 34.9 Å². The molecule has 0 unspecified atom stereocenters. The van der Waals surface area contributed by atoms with Crippen LogP contribution in [0.15, 0.2) is 120 Å². The number of hydrogen-bond acceptors (Lipinski definition) is 1. The van der Waals surface area contributed by atoms with E-state index < -0.39 is 13.3 Å². The van der Waals surface area contributed by atoms with Crippen molar-refractivity contribution in [2.24, 2.45) is 0 Å². The zero-order chi connectivity index (χ0) is 35.0. The van der Waals surface area contributed by atoms with Gasteiger partial charge in [-0.1, -0.05) is 67.4 Å². The first-order valence-electron chi connectivity index (χ1n) is 16.9. The number of hydrogen-bond donors (Lipinski definition) is 0. The normalized spacial score (nSPS) is 11.3. The zero-order valence-corrected chi connectivity index (χ0v) is 34.5. The summed E-state index contributed by atoms with van der Waals surface area (Å²) in [5.41, 5.74) is 12.9. The van der Waals surface area contributed by atoms with Gasteiger partial charge >= 0.3 is 113 Å². The van der Waals surface area contributed by atoms with E-state index in [2.05, 4.69) is 157 Å². The average molecular weight is 896 g/mol. The topological polar surface area (TPSA) is 20.9 Å². The summed E-state index contributed by atoms with van der Waals surface area (Å²) in [6.45, 7) is 15.0. The number of aromatic nitrogens is 2. The zero-order valence-electron chi connectivity index (χ0n) is 30.0. The van der Waals surface area contributed by atoms with Crippen molar-refractivity contribution < 1.29 is 33.7 Å². The number of benzene rings is 4. The number of pyridine rings is 2. The van der Waals surface area contributed by atoms with E-state index in [9.17, 15) is 0 Å². The van der Waals surface area contributed by atoms with Gasteiger partial charge in [-0.3, -0.25) is 0 Å². The Morgan fingerprint density at radius 2 is 1.32 bits per heavy atom. The van der Waals surface area contributed by atoms with Crippen LogP contribution in [0.4, 0.5) is 0 Å². The molecule has 0 saturated carbocycles. The van der Waals surface area contributed by atoms with Crippen molar-refractivity contribution in [1.29, 1.82) is 0 Å². The van der Waals surface area contributed by atoms with Crippen LogP contribution < -0.4 is 13.5 Å². The van der Waals surface area contributed by atoms with Crippen LogP contribution in [0.5, 0.6) is 0 Å². The van der Waals surface area contributed by atoms with Crippen LogP contribution in [0.25, 0.3) is 55.6 Å². The Kier molecular flexibility index (Phi) is 11.0.